The number of nitrogens with two attached hydrogens (primary N) is 1. The Labute approximate surface area is 112 Å². The number of anilines is 1. The van der Waals surface area contributed by atoms with Crippen LogP contribution < -0.4 is 10.6 Å². The van der Waals surface area contributed by atoms with E-state index >= 15 is 0 Å². The third kappa shape index (κ3) is 2.46. The summed E-state index contributed by atoms with van der Waals surface area (Å²) in [6, 6.07) is 1.12. The summed E-state index contributed by atoms with van der Waals surface area (Å²) in [7, 11) is 0. The first-order chi connectivity index (χ1) is 9.43. The molecule has 2 unspecified atom stereocenters. The van der Waals surface area contributed by atoms with Gasteiger partial charge in [0.15, 0.2) is 5.84 Å². The highest BCUT2D eigenvalue weighted by Gasteiger charge is 2.34. The topological polar surface area (TPSA) is 158 Å². The van der Waals surface area contributed by atoms with E-state index in [1.54, 1.807) is 0 Å². The molecule has 1 aromatic heterocycles. The standard InChI is InChI=1S/C10H13N5O5/c11-9(13-18)5-1-6(15(19)20)10(12-2-5)14-3-7(16)8(17)4-14/h1-2,7-8,16-18H,3-4H2,(H2,11,13). The zero-order valence-electron chi connectivity index (χ0n) is 10.2. The number of β-amino-alcohol motifs (C(OH)–C–C–N with tert-alkyl or cyclic N) is 2. The van der Waals surface area contributed by atoms with Gasteiger partial charge in [-0.15, -0.1) is 0 Å². The van der Waals surface area contributed by atoms with E-state index in [1.165, 1.54) is 11.1 Å². The van der Waals surface area contributed by atoms with Crippen molar-refractivity contribution in [2.75, 3.05) is 18.0 Å². The molecule has 1 saturated heterocycles. The van der Waals surface area contributed by atoms with Crippen molar-refractivity contribution >= 4 is 17.3 Å². The zero-order valence-corrected chi connectivity index (χ0v) is 10.2. The lowest BCUT2D eigenvalue weighted by Gasteiger charge is -2.16. The van der Waals surface area contributed by atoms with Crippen LogP contribution in [0.1, 0.15) is 5.56 Å². The van der Waals surface area contributed by atoms with Crippen LogP contribution in [0.15, 0.2) is 17.4 Å². The minimum absolute atomic E-state index is 0.0140. The lowest BCUT2D eigenvalue weighted by molar-refractivity contribution is -0.384. The summed E-state index contributed by atoms with van der Waals surface area (Å²) in [4.78, 5) is 15.7. The number of oxime groups is 1. The van der Waals surface area contributed by atoms with Gasteiger partial charge in [0.05, 0.1) is 17.1 Å². The summed E-state index contributed by atoms with van der Waals surface area (Å²) in [5.41, 5.74) is 5.10. The summed E-state index contributed by atoms with van der Waals surface area (Å²) in [6.45, 7) is 0.0792. The Morgan fingerprint density at radius 2 is 2.10 bits per heavy atom. The van der Waals surface area contributed by atoms with Gasteiger partial charge in [0, 0.05) is 30.9 Å². The number of hydrogen-bond donors (Lipinski definition) is 4. The number of hydrogen-bond acceptors (Lipinski definition) is 8. The van der Waals surface area contributed by atoms with Crippen molar-refractivity contribution in [1.82, 2.24) is 4.98 Å². The fraction of sp³-hybridized carbons (Fsp3) is 0.400. The highest BCUT2D eigenvalue weighted by Crippen LogP contribution is 2.29. The molecule has 1 aliphatic rings. The van der Waals surface area contributed by atoms with E-state index in [2.05, 4.69) is 10.1 Å². The number of aliphatic hydroxyl groups is 2. The Morgan fingerprint density at radius 1 is 1.50 bits per heavy atom. The molecule has 0 bridgehead atoms. The molecular formula is C10H13N5O5. The molecule has 0 aromatic carbocycles. The molecule has 2 atom stereocenters. The van der Waals surface area contributed by atoms with E-state index in [4.69, 9.17) is 10.9 Å². The van der Waals surface area contributed by atoms with Gasteiger partial charge >= 0.3 is 5.69 Å². The molecule has 5 N–H and O–H groups in total. The number of nitrogens with zero attached hydrogens (tertiary/aromatic N) is 4. The van der Waals surface area contributed by atoms with Crippen LogP contribution in [0.2, 0.25) is 0 Å². The molecule has 2 heterocycles. The van der Waals surface area contributed by atoms with E-state index in [-0.39, 0.29) is 36.0 Å². The van der Waals surface area contributed by atoms with Crippen LogP contribution >= 0.6 is 0 Å². The van der Waals surface area contributed by atoms with E-state index in [1.807, 2.05) is 0 Å². The Kier molecular flexibility index (Phi) is 3.68. The average molecular weight is 283 g/mol. The minimum Gasteiger partial charge on any atom is -0.409 e. The molecule has 0 radical (unpaired) electrons. The lowest BCUT2D eigenvalue weighted by atomic mass is 10.2. The predicted octanol–water partition coefficient (Wildman–Crippen LogP) is -1.37. The molecule has 1 fully saturated rings. The predicted molar refractivity (Wildman–Crippen MR) is 67.6 cm³/mol. The van der Waals surface area contributed by atoms with Crippen molar-refractivity contribution in [2.45, 2.75) is 12.2 Å². The van der Waals surface area contributed by atoms with E-state index in [0.29, 0.717) is 0 Å². The van der Waals surface area contributed by atoms with Gasteiger partial charge in [-0.25, -0.2) is 4.98 Å². The average Bonchev–Trinajstić information content (AvgIpc) is 2.77. The van der Waals surface area contributed by atoms with Crippen molar-refractivity contribution in [3.05, 3.63) is 27.9 Å². The number of amidine groups is 1. The highest BCUT2D eigenvalue weighted by molar-refractivity contribution is 5.97. The van der Waals surface area contributed by atoms with Crippen LogP contribution in [0.3, 0.4) is 0 Å². The summed E-state index contributed by atoms with van der Waals surface area (Å²) >= 11 is 0. The van der Waals surface area contributed by atoms with Crippen LogP contribution in [0.5, 0.6) is 0 Å². The van der Waals surface area contributed by atoms with Crippen LogP contribution in [0.25, 0.3) is 0 Å². The first-order valence-corrected chi connectivity index (χ1v) is 5.67. The molecule has 1 aliphatic heterocycles. The Morgan fingerprint density at radius 3 is 2.60 bits per heavy atom. The van der Waals surface area contributed by atoms with Crippen LogP contribution in [-0.2, 0) is 0 Å². The van der Waals surface area contributed by atoms with Crippen molar-refractivity contribution in [1.29, 1.82) is 0 Å². The first-order valence-electron chi connectivity index (χ1n) is 5.67. The molecule has 108 valence electrons. The molecule has 0 spiro atoms. The maximum atomic E-state index is 11.1. The molecular weight excluding hydrogens is 270 g/mol. The van der Waals surface area contributed by atoms with E-state index < -0.39 is 17.1 Å². The molecule has 0 aliphatic carbocycles. The van der Waals surface area contributed by atoms with Gasteiger partial charge in [0.2, 0.25) is 5.82 Å². The quantitative estimate of drug-likeness (QED) is 0.174. The number of aliphatic hydroxyl groups excluding tert-OH is 2. The van der Waals surface area contributed by atoms with Crippen LogP contribution in [0, 0.1) is 10.1 Å². The van der Waals surface area contributed by atoms with Gasteiger partial charge in [-0.2, -0.15) is 0 Å². The first kappa shape index (κ1) is 14.0. The molecule has 20 heavy (non-hydrogen) atoms. The molecule has 10 nitrogen and oxygen atoms in total. The smallest absolute Gasteiger partial charge is 0.312 e. The van der Waals surface area contributed by atoms with Crippen molar-refractivity contribution in [3.8, 4) is 0 Å². The normalized spacial score (nSPS) is 23.1. The summed E-state index contributed by atoms with van der Waals surface area (Å²) in [5.74, 6) is -0.284. The third-order valence-electron chi connectivity index (χ3n) is 3.01. The van der Waals surface area contributed by atoms with Gasteiger partial charge < -0.3 is 26.1 Å². The number of rotatable bonds is 3. The molecule has 10 heteroatoms. The SMILES string of the molecule is NC(=NO)c1cnc(N2CC(O)C(O)C2)c([N+](=O)[O-])c1. The molecule has 0 saturated carbocycles. The third-order valence-corrected chi connectivity index (χ3v) is 3.01. The van der Waals surface area contributed by atoms with Crippen molar-refractivity contribution < 1.29 is 20.3 Å². The maximum Gasteiger partial charge on any atom is 0.312 e. The second kappa shape index (κ2) is 5.27. The molecule has 1 aromatic rings. The van der Waals surface area contributed by atoms with Crippen molar-refractivity contribution in [3.63, 3.8) is 0 Å². The van der Waals surface area contributed by atoms with E-state index in [9.17, 15) is 20.3 Å². The molecule has 0 amide bonds. The van der Waals surface area contributed by atoms with Crippen LogP contribution in [0.4, 0.5) is 11.5 Å². The minimum atomic E-state index is -0.986. The highest BCUT2D eigenvalue weighted by atomic mass is 16.6. The number of nitro groups is 1. The fourth-order valence-corrected chi connectivity index (χ4v) is 1.96. The summed E-state index contributed by atoms with van der Waals surface area (Å²) in [5, 5.41) is 41.3. The number of aromatic nitrogens is 1. The monoisotopic (exact) mass is 283 g/mol. The van der Waals surface area contributed by atoms with Crippen LogP contribution in [-0.4, -0.2) is 56.5 Å². The Bertz CT molecular complexity index is 553. The second-order valence-electron chi connectivity index (χ2n) is 4.35. The van der Waals surface area contributed by atoms with Gasteiger partial charge in [0.1, 0.15) is 0 Å². The van der Waals surface area contributed by atoms with Gasteiger partial charge in [-0.1, -0.05) is 5.16 Å². The Hall–Kier alpha value is -2.46. The van der Waals surface area contributed by atoms with Gasteiger partial charge in [0.25, 0.3) is 0 Å². The van der Waals surface area contributed by atoms with Crippen molar-refractivity contribution in [2.24, 2.45) is 10.9 Å². The maximum absolute atomic E-state index is 11.1. The summed E-state index contributed by atoms with van der Waals surface area (Å²) in [6.07, 6.45) is -0.755. The second-order valence-corrected chi connectivity index (χ2v) is 4.35. The Balaban J connectivity index is 2.41. The van der Waals surface area contributed by atoms with Gasteiger partial charge in [-0.3, -0.25) is 10.1 Å². The fourth-order valence-electron chi connectivity index (χ4n) is 1.96. The molecule has 2 rings (SSSR count). The van der Waals surface area contributed by atoms with Gasteiger partial charge in [-0.05, 0) is 0 Å². The zero-order chi connectivity index (χ0) is 14.9. The number of pyridine rings is 1. The van der Waals surface area contributed by atoms with E-state index in [0.717, 1.165) is 6.07 Å². The largest absolute Gasteiger partial charge is 0.409 e. The summed E-state index contributed by atoms with van der Waals surface area (Å²) < 4.78 is 0. The lowest BCUT2D eigenvalue weighted by Crippen LogP contribution is -2.24.